The lowest BCUT2D eigenvalue weighted by Crippen LogP contribution is -2.38. The highest BCUT2D eigenvalue weighted by atomic mass is 127. The first-order valence-electron chi connectivity index (χ1n) is 9.22. The Morgan fingerprint density at radius 3 is 3.04 bits per heavy atom. The van der Waals surface area contributed by atoms with Gasteiger partial charge in [-0.15, -0.1) is 0 Å². The van der Waals surface area contributed by atoms with Gasteiger partial charge in [0.1, 0.15) is 10.8 Å². The monoisotopic (exact) mass is 495 g/mol. The second-order valence-electron chi connectivity index (χ2n) is 7.23. The summed E-state index contributed by atoms with van der Waals surface area (Å²) in [5, 5.41) is 3.16. The van der Waals surface area contributed by atoms with Crippen LogP contribution in [0.3, 0.4) is 0 Å². The van der Waals surface area contributed by atoms with Gasteiger partial charge in [-0.25, -0.2) is 4.98 Å². The van der Waals surface area contributed by atoms with Crippen molar-refractivity contribution in [1.29, 1.82) is 0 Å². The van der Waals surface area contributed by atoms with Gasteiger partial charge in [0.25, 0.3) is 5.91 Å². The molecule has 4 rings (SSSR count). The number of piperidine rings is 1. The number of fused-ring (bicyclic) bond motifs is 1. The summed E-state index contributed by atoms with van der Waals surface area (Å²) >= 11 is 2.10. The van der Waals surface area contributed by atoms with Crippen LogP contribution in [-0.4, -0.2) is 51.0 Å². The van der Waals surface area contributed by atoms with Gasteiger partial charge in [-0.3, -0.25) is 9.59 Å². The minimum atomic E-state index is -0.551. The zero-order valence-corrected chi connectivity index (χ0v) is 17.4. The number of rotatable bonds is 6. The molecule has 0 radical (unpaired) electrons. The first-order chi connectivity index (χ1) is 13.6. The van der Waals surface area contributed by atoms with E-state index in [1.165, 1.54) is 11.3 Å². The molecule has 1 aliphatic carbocycles. The number of halogens is 1. The first kappa shape index (κ1) is 19.2. The number of hydrogen-bond donors (Lipinski definition) is 2. The summed E-state index contributed by atoms with van der Waals surface area (Å²) in [7, 11) is 0. The number of likely N-dealkylation sites (tertiary alicyclic amines) is 1. The summed E-state index contributed by atoms with van der Waals surface area (Å²) in [4.78, 5) is 31.5. The van der Waals surface area contributed by atoms with Crippen LogP contribution in [0.4, 0.5) is 5.82 Å². The number of hydrogen-bond acceptors (Lipinski definition) is 6. The lowest BCUT2D eigenvalue weighted by Gasteiger charge is -2.26. The van der Waals surface area contributed by atoms with E-state index in [0.717, 1.165) is 25.4 Å². The van der Waals surface area contributed by atoms with Gasteiger partial charge in [0.2, 0.25) is 6.41 Å². The number of nitrogens with one attached hydrogen (secondary N) is 1. The molecular weight excluding hydrogens is 473 g/mol. The summed E-state index contributed by atoms with van der Waals surface area (Å²) in [5.41, 5.74) is 7.14. The minimum Gasteiger partial charge on any atom is -0.479 e. The number of anilines is 1. The second kappa shape index (κ2) is 8.08. The molecule has 1 aromatic heterocycles. The Bertz CT molecular complexity index is 843. The average molecular weight is 495 g/mol. The maximum Gasteiger partial charge on any atom is 0.255 e. The predicted molar refractivity (Wildman–Crippen MR) is 113 cm³/mol. The molecule has 8 nitrogen and oxygen atoms in total. The van der Waals surface area contributed by atoms with Crippen molar-refractivity contribution in [1.82, 2.24) is 14.8 Å². The van der Waals surface area contributed by atoms with Gasteiger partial charge in [-0.2, -0.15) is 0 Å². The molecule has 2 fully saturated rings. The zero-order chi connectivity index (χ0) is 19.7. The summed E-state index contributed by atoms with van der Waals surface area (Å²) in [6.45, 7) is 1.65. The Morgan fingerprint density at radius 2 is 2.32 bits per heavy atom. The molecule has 148 valence electrons. The Kier molecular flexibility index (Phi) is 5.54. The molecule has 2 aliphatic heterocycles. The van der Waals surface area contributed by atoms with Gasteiger partial charge in [-0.1, -0.05) is 0 Å². The molecular formula is C19H22IN5O3. The highest BCUT2D eigenvalue weighted by Crippen LogP contribution is 2.45. The molecule has 2 amide bonds. The van der Waals surface area contributed by atoms with Crippen LogP contribution in [0.1, 0.15) is 23.2 Å². The number of nitrogens with two attached hydrogens (primary N) is 1. The average Bonchev–Trinajstić information content (AvgIpc) is 3.48. The van der Waals surface area contributed by atoms with E-state index in [9.17, 15) is 9.59 Å². The van der Waals surface area contributed by atoms with E-state index in [-0.39, 0.29) is 5.91 Å². The highest BCUT2D eigenvalue weighted by molar-refractivity contribution is 14.1. The fraction of sp³-hybridized carbons (Fsp3) is 0.421. The number of ether oxygens (including phenoxy) is 1. The Balaban J connectivity index is 1.51. The number of amides is 2. The molecule has 0 bridgehead atoms. The van der Waals surface area contributed by atoms with E-state index in [4.69, 9.17) is 10.5 Å². The van der Waals surface area contributed by atoms with Crippen molar-refractivity contribution in [3.05, 3.63) is 41.9 Å². The van der Waals surface area contributed by atoms with Gasteiger partial charge < -0.3 is 25.6 Å². The van der Waals surface area contributed by atoms with Gasteiger partial charge in [0.15, 0.2) is 11.6 Å². The normalized spacial score (nSPS) is 25.6. The number of allylic oxidation sites excluding steroid dienone is 1. The lowest BCUT2D eigenvalue weighted by molar-refractivity contribution is -0.116. The van der Waals surface area contributed by atoms with Crippen molar-refractivity contribution in [2.45, 2.75) is 19.0 Å². The third-order valence-corrected chi connectivity index (χ3v) is 5.71. The van der Waals surface area contributed by atoms with Crippen molar-refractivity contribution in [2.24, 2.45) is 17.6 Å². The van der Waals surface area contributed by atoms with Crippen LogP contribution in [0, 0.1) is 11.8 Å². The highest BCUT2D eigenvalue weighted by Gasteiger charge is 2.42. The number of nitrogens with zero attached hydrogens (tertiary/aromatic N) is 3. The fourth-order valence-corrected chi connectivity index (χ4v) is 4.03. The summed E-state index contributed by atoms with van der Waals surface area (Å²) < 4.78 is 6.12. The molecule has 3 aliphatic rings. The van der Waals surface area contributed by atoms with Gasteiger partial charge >= 0.3 is 0 Å². The van der Waals surface area contributed by atoms with E-state index in [1.807, 2.05) is 4.90 Å². The van der Waals surface area contributed by atoms with Crippen LogP contribution in [0.5, 0.6) is 5.75 Å². The topological polar surface area (TPSA) is 101 Å². The lowest BCUT2D eigenvalue weighted by atomic mass is 10.1. The Labute approximate surface area is 176 Å². The number of aromatic nitrogens is 1. The maximum absolute atomic E-state index is 12.9. The van der Waals surface area contributed by atoms with Gasteiger partial charge in [0.05, 0.1) is 5.56 Å². The maximum atomic E-state index is 12.9. The SMILES string of the molecule is NC1C=C(Nc2ncc(C(=O)N3CCC4CC4C3)cc2OCI)C=CN1C=O. The smallest absolute Gasteiger partial charge is 0.255 e. The fourth-order valence-electron chi connectivity index (χ4n) is 3.69. The first-order valence-corrected chi connectivity index (χ1v) is 10.7. The summed E-state index contributed by atoms with van der Waals surface area (Å²) in [6, 6.07) is 1.74. The number of alkyl halides is 1. The third-order valence-electron chi connectivity index (χ3n) is 5.40. The van der Waals surface area contributed by atoms with Crippen LogP contribution >= 0.6 is 22.6 Å². The van der Waals surface area contributed by atoms with E-state index < -0.39 is 6.17 Å². The molecule has 28 heavy (non-hydrogen) atoms. The Morgan fingerprint density at radius 1 is 1.46 bits per heavy atom. The number of pyridine rings is 1. The van der Waals surface area contributed by atoms with Crippen molar-refractivity contribution < 1.29 is 14.3 Å². The van der Waals surface area contributed by atoms with Crippen molar-refractivity contribution in [3.63, 3.8) is 0 Å². The van der Waals surface area contributed by atoms with Crippen LogP contribution in [0.25, 0.3) is 0 Å². The molecule has 3 N–H and O–H groups in total. The van der Waals surface area contributed by atoms with E-state index in [1.54, 1.807) is 30.6 Å². The van der Waals surface area contributed by atoms with Crippen molar-refractivity contribution in [3.8, 4) is 5.75 Å². The molecule has 0 aromatic carbocycles. The molecule has 1 saturated heterocycles. The van der Waals surface area contributed by atoms with Crippen LogP contribution in [0.2, 0.25) is 0 Å². The van der Waals surface area contributed by atoms with E-state index in [0.29, 0.717) is 39.8 Å². The number of carbonyl (C=O) groups excluding carboxylic acids is 2. The standard InChI is InChI=1S/C19H22IN5O3/c20-10-28-16-6-13(19(27)24-3-1-12-5-14(12)9-24)8-22-18(16)23-15-2-4-25(11-26)17(21)7-15/h2,4,6-8,11-12,14,17H,1,3,5,9-10,21H2,(H,22,23). The van der Waals surface area contributed by atoms with Gasteiger partial charge in [0, 0.05) is 31.2 Å². The molecule has 3 atom stereocenters. The second-order valence-corrected chi connectivity index (χ2v) is 7.85. The largest absolute Gasteiger partial charge is 0.479 e. The molecule has 3 unspecified atom stereocenters. The van der Waals surface area contributed by atoms with Crippen molar-refractivity contribution in [2.75, 3.05) is 23.0 Å². The molecule has 3 heterocycles. The molecule has 1 saturated carbocycles. The third kappa shape index (κ3) is 4.00. The van der Waals surface area contributed by atoms with Crippen LogP contribution in [0.15, 0.2) is 36.3 Å². The zero-order valence-electron chi connectivity index (χ0n) is 15.3. The Hall–Kier alpha value is -2.14. The quantitative estimate of drug-likeness (QED) is 0.355. The summed E-state index contributed by atoms with van der Waals surface area (Å²) in [5.74, 6) is 2.50. The van der Waals surface area contributed by atoms with E-state index in [2.05, 4.69) is 32.9 Å². The molecule has 0 spiro atoms. The minimum absolute atomic E-state index is 0.00290. The van der Waals surface area contributed by atoms with E-state index >= 15 is 0 Å². The van der Waals surface area contributed by atoms with Crippen molar-refractivity contribution >= 4 is 40.7 Å². The van der Waals surface area contributed by atoms with Gasteiger partial charge in [-0.05, 0) is 65.5 Å². The molecule has 1 aromatic rings. The van der Waals surface area contributed by atoms with Crippen LogP contribution in [-0.2, 0) is 4.79 Å². The summed E-state index contributed by atoms with van der Waals surface area (Å²) in [6.07, 6.45) is 9.08. The molecule has 9 heteroatoms. The number of carbonyl (C=O) groups is 2. The van der Waals surface area contributed by atoms with Crippen LogP contribution < -0.4 is 15.8 Å². The predicted octanol–water partition coefficient (Wildman–Crippen LogP) is 1.90.